The fourth-order valence-electron chi connectivity index (χ4n) is 1.88. The van der Waals surface area contributed by atoms with Crippen molar-refractivity contribution in [3.63, 3.8) is 0 Å². The Labute approximate surface area is 131 Å². The van der Waals surface area contributed by atoms with Crippen molar-refractivity contribution in [2.24, 2.45) is 0 Å². The molecule has 1 atom stereocenters. The molecule has 0 aromatic carbocycles. The van der Waals surface area contributed by atoms with Crippen LogP contribution in [-0.2, 0) is 4.74 Å². The van der Waals surface area contributed by atoms with E-state index in [1.54, 1.807) is 12.0 Å². The van der Waals surface area contributed by atoms with Gasteiger partial charge in [0.05, 0.1) is 17.8 Å². The second-order valence-corrected chi connectivity index (χ2v) is 5.74. The predicted molar refractivity (Wildman–Crippen MR) is 83.8 cm³/mol. The SMILES string of the molecule is CCC(C)N(CCOC)C(=O)c1nc(C(C)C)ncc1Cl. The Kier molecular flexibility index (Phi) is 7.05. The van der Waals surface area contributed by atoms with Crippen LogP contribution in [0, 0.1) is 0 Å². The molecule has 0 aliphatic rings. The molecular weight excluding hydrogens is 290 g/mol. The van der Waals surface area contributed by atoms with Crippen LogP contribution in [0.3, 0.4) is 0 Å². The summed E-state index contributed by atoms with van der Waals surface area (Å²) in [4.78, 5) is 23.0. The van der Waals surface area contributed by atoms with Gasteiger partial charge in [-0.1, -0.05) is 32.4 Å². The van der Waals surface area contributed by atoms with Crippen molar-refractivity contribution < 1.29 is 9.53 Å². The monoisotopic (exact) mass is 313 g/mol. The molecule has 5 nitrogen and oxygen atoms in total. The maximum absolute atomic E-state index is 12.7. The van der Waals surface area contributed by atoms with Gasteiger partial charge in [-0.05, 0) is 13.3 Å². The van der Waals surface area contributed by atoms with E-state index in [1.807, 2.05) is 27.7 Å². The third kappa shape index (κ3) is 4.64. The molecule has 1 aromatic rings. The predicted octanol–water partition coefficient (Wildman–Crippen LogP) is 3.14. The summed E-state index contributed by atoms with van der Waals surface area (Å²) >= 11 is 6.12. The number of aromatic nitrogens is 2. The quantitative estimate of drug-likeness (QED) is 0.776. The molecule has 0 fully saturated rings. The van der Waals surface area contributed by atoms with E-state index in [-0.39, 0.29) is 28.6 Å². The number of carbonyl (C=O) groups is 1. The van der Waals surface area contributed by atoms with E-state index in [1.165, 1.54) is 6.20 Å². The Bertz CT molecular complexity index is 480. The lowest BCUT2D eigenvalue weighted by atomic mass is 10.2. The Hall–Kier alpha value is -1.20. The highest BCUT2D eigenvalue weighted by Gasteiger charge is 2.24. The first kappa shape index (κ1) is 17.9. The van der Waals surface area contributed by atoms with Gasteiger partial charge in [0, 0.05) is 25.6 Å². The molecule has 0 saturated heterocycles. The van der Waals surface area contributed by atoms with Crippen molar-refractivity contribution in [3.05, 3.63) is 22.7 Å². The number of amides is 1. The standard InChI is InChI=1S/C15H24ClN3O2/c1-6-11(4)19(7-8-21-5)15(20)13-12(16)9-17-14(18-13)10(2)3/h9-11H,6-8H2,1-5H3. The summed E-state index contributed by atoms with van der Waals surface area (Å²) in [6.45, 7) is 9.01. The number of rotatable bonds is 7. The maximum Gasteiger partial charge on any atom is 0.274 e. The Balaban J connectivity index is 3.10. The maximum atomic E-state index is 12.7. The zero-order valence-corrected chi connectivity index (χ0v) is 14.1. The minimum atomic E-state index is -0.171. The van der Waals surface area contributed by atoms with E-state index in [9.17, 15) is 4.79 Å². The molecule has 1 amide bonds. The minimum Gasteiger partial charge on any atom is -0.383 e. The molecule has 0 saturated carbocycles. The molecule has 0 aliphatic heterocycles. The summed E-state index contributed by atoms with van der Waals surface area (Å²) in [7, 11) is 1.62. The summed E-state index contributed by atoms with van der Waals surface area (Å²) < 4.78 is 5.09. The third-order valence-electron chi connectivity index (χ3n) is 3.40. The van der Waals surface area contributed by atoms with Gasteiger partial charge in [-0.2, -0.15) is 0 Å². The number of hydrogen-bond acceptors (Lipinski definition) is 4. The van der Waals surface area contributed by atoms with Crippen molar-refractivity contribution in [2.45, 2.75) is 46.1 Å². The van der Waals surface area contributed by atoms with Crippen LogP contribution in [0.4, 0.5) is 0 Å². The van der Waals surface area contributed by atoms with E-state index < -0.39 is 0 Å². The number of carbonyl (C=O) groups excluding carboxylic acids is 1. The topological polar surface area (TPSA) is 55.3 Å². The highest BCUT2D eigenvalue weighted by molar-refractivity contribution is 6.33. The number of hydrogen-bond donors (Lipinski definition) is 0. The van der Waals surface area contributed by atoms with Gasteiger partial charge in [0.1, 0.15) is 5.82 Å². The van der Waals surface area contributed by atoms with Crippen LogP contribution in [0.15, 0.2) is 6.20 Å². The van der Waals surface area contributed by atoms with Crippen LogP contribution in [-0.4, -0.2) is 47.1 Å². The fraction of sp³-hybridized carbons (Fsp3) is 0.667. The number of methoxy groups -OCH3 is 1. The van der Waals surface area contributed by atoms with Crippen LogP contribution in [0.5, 0.6) is 0 Å². The van der Waals surface area contributed by atoms with Crippen LogP contribution >= 0.6 is 11.6 Å². The summed E-state index contributed by atoms with van der Waals surface area (Å²) in [6, 6.07) is 0.0983. The average Bonchev–Trinajstić information content (AvgIpc) is 2.47. The lowest BCUT2D eigenvalue weighted by Crippen LogP contribution is -2.41. The van der Waals surface area contributed by atoms with E-state index >= 15 is 0 Å². The first-order valence-electron chi connectivity index (χ1n) is 7.24. The van der Waals surface area contributed by atoms with E-state index in [2.05, 4.69) is 9.97 Å². The largest absolute Gasteiger partial charge is 0.383 e. The lowest BCUT2D eigenvalue weighted by Gasteiger charge is -2.28. The molecule has 1 aromatic heterocycles. The van der Waals surface area contributed by atoms with Crippen molar-refractivity contribution in [1.82, 2.24) is 14.9 Å². The highest BCUT2D eigenvalue weighted by atomic mass is 35.5. The molecule has 0 N–H and O–H groups in total. The molecule has 21 heavy (non-hydrogen) atoms. The van der Waals surface area contributed by atoms with Gasteiger partial charge in [0.2, 0.25) is 0 Å². The van der Waals surface area contributed by atoms with Crippen LogP contribution in [0.1, 0.15) is 56.3 Å². The number of nitrogens with zero attached hydrogens (tertiary/aromatic N) is 3. The van der Waals surface area contributed by atoms with Gasteiger partial charge in [0.15, 0.2) is 5.69 Å². The van der Waals surface area contributed by atoms with Crippen molar-refractivity contribution in [1.29, 1.82) is 0 Å². The van der Waals surface area contributed by atoms with Gasteiger partial charge in [-0.3, -0.25) is 4.79 Å². The average molecular weight is 314 g/mol. The summed E-state index contributed by atoms with van der Waals surface area (Å²) in [5.41, 5.74) is 0.270. The second kappa shape index (κ2) is 8.29. The molecule has 118 valence electrons. The number of halogens is 1. The highest BCUT2D eigenvalue weighted by Crippen LogP contribution is 2.19. The molecule has 0 radical (unpaired) electrons. The van der Waals surface area contributed by atoms with Crippen LogP contribution < -0.4 is 0 Å². The first-order valence-corrected chi connectivity index (χ1v) is 7.62. The fourth-order valence-corrected chi connectivity index (χ4v) is 2.05. The number of ether oxygens (including phenoxy) is 1. The Morgan fingerprint density at radius 1 is 1.43 bits per heavy atom. The van der Waals surface area contributed by atoms with Gasteiger partial charge in [0.25, 0.3) is 5.91 Å². The van der Waals surface area contributed by atoms with E-state index in [0.29, 0.717) is 19.0 Å². The van der Waals surface area contributed by atoms with Crippen LogP contribution in [0.2, 0.25) is 5.02 Å². The smallest absolute Gasteiger partial charge is 0.274 e. The summed E-state index contributed by atoms with van der Waals surface area (Å²) in [5.74, 6) is 0.596. The van der Waals surface area contributed by atoms with Gasteiger partial charge in [-0.25, -0.2) is 9.97 Å². The van der Waals surface area contributed by atoms with Crippen molar-refractivity contribution in [2.75, 3.05) is 20.3 Å². The molecule has 1 heterocycles. The zero-order valence-electron chi connectivity index (χ0n) is 13.4. The van der Waals surface area contributed by atoms with Gasteiger partial charge < -0.3 is 9.64 Å². The Morgan fingerprint density at radius 3 is 2.62 bits per heavy atom. The molecule has 6 heteroatoms. The summed E-state index contributed by atoms with van der Waals surface area (Å²) in [5, 5.41) is 0.287. The van der Waals surface area contributed by atoms with Crippen molar-refractivity contribution in [3.8, 4) is 0 Å². The second-order valence-electron chi connectivity index (χ2n) is 5.33. The molecular formula is C15H24ClN3O2. The zero-order chi connectivity index (χ0) is 16.0. The van der Waals surface area contributed by atoms with Gasteiger partial charge in [-0.15, -0.1) is 0 Å². The summed E-state index contributed by atoms with van der Waals surface area (Å²) in [6.07, 6.45) is 2.36. The normalized spacial score (nSPS) is 12.5. The molecule has 0 spiro atoms. The molecule has 0 aliphatic carbocycles. The molecule has 1 rings (SSSR count). The Morgan fingerprint density at radius 2 is 2.10 bits per heavy atom. The third-order valence-corrected chi connectivity index (χ3v) is 3.68. The first-order chi connectivity index (χ1) is 9.92. The molecule has 0 bridgehead atoms. The minimum absolute atomic E-state index is 0.0983. The van der Waals surface area contributed by atoms with E-state index in [4.69, 9.17) is 16.3 Å². The molecule has 1 unspecified atom stereocenters. The lowest BCUT2D eigenvalue weighted by molar-refractivity contribution is 0.0607. The van der Waals surface area contributed by atoms with Gasteiger partial charge >= 0.3 is 0 Å². The van der Waals surface area contributed by atoms with E-state index in [0.717, 1.165) is 6.42 Å². The van der Waals surface area contributed by atoms with Crippen molar-refractivity contribution >= 4 is 17.5 Å². The van der Waals surface area contributed by atoms with Crippen LogP contribution in [0.25, 0.3) is 0 Å².